The number of ether oxygens (including phenoxy) is 1. The Kier molecular flexibility index (Phi) is 69.3. The molecule has 0 aliphatic carbocycles. The van der Waals surface area contributed by atoms with Gasteiger partial charge in [-0.1, -0.05) is 399 Å². The lowest BCUT2D eigenvalue weighted by atomic mass is 10.0. The van der Waals surface area contributed by atoms with Gasteiger partial charge in [0.25, 0.3) is 0 Å². The summed E-state index contributed by atoms with van der Waals surface area (Å²) in [6.07, 6.45) is 85.9. The molecule has 6 nitrogen and oxygen atoms in total. The summed E-state index contributed by atoms with van der Waals surface area (Å²) in [5.41, 5.74) is 0. The summed E-state index contributed by atoms with van der Waals surface area (Å²) in [5.74, 6) is -0.00813. The molecule has 0 rings (SSSR count). The first-order valence-electron chi connectivity index (χ1n) is 37.3. The zero-order valence-electron chi connectivity index (χ0n) is 54.9. The van der Waals surface area contributed by atoms with Crippen LogP contribution in [0.3, 0.4) is 0 Å². The van der Waals surface area contributed by atoms with Crippen LogP contribution in [0.25, 0.3) is 0 Å². The minimum Gasteiger partial charge on any atom is -0.466 e. The van der Waals surface area contributed by atoms with Crippen molar-refractivity contribution in [2.45, 2.75) is 450 Å². The standard InChI is InChI=1S/C74H147NO5/c1-3-5-7-9-11-13-15-17-19-21-22-23-25-28-31-35-38-42-46-50-54-58-62-66-72(77)71(70-76)75-73(78)67-63-59-55-51-47-43-39-36-32-29-26-24-27-30-33-37-41-45-49-53-57-61-65-69-80-74(79)68-64-60-56-52-48-44-40-34-20-18-16-14-12-10-8-6-4-2/h71-72,76-77H,3-70H2,1-2H3,(H,75,78). The van der Waals surface area contributed by atoms with Crippen molar-refractivity contribution >= 4 is 11.9 Å². The van der Waals surface area contributed by atoms with Crippen LogP contribution in [-0.2, 0) is 14.3 Å². The van der Waals surface area contributed by atoms with E-state index in [-0.39, 0.29) is 18.5 Å². The lowest BCUT2D eigenvalue weighted by molar-refractivity contribution is -0.143. The van der Waals surface area contributed by atoms with E-state index in [9.17, 15) is 19.8 Å². The van der Waals surface area contributed by atoms with Crippen LogP contribution in [0.4, 0.5) is 0 Å². The van der Waals surface area contributed by atoms with Crippen molar-refractivity contribution in [2.24, 2.45) is 0 Å². The second-order valence-electron chi connectivity index (χ2n) is 26.0. The molecule has 0 radical (unpaired) electrons. The van der Waals surface area contributed by atoms with E-state index in [0.29, 0.717) is 25.9 Å². The Morgan fingerprint density at radius 2 is 0.512 bits per heavy atom. The first-order chi connectivity index (χ1) is 39.5. The van der Waals surface area contributed by atoms with Crippen LogP contribution < -0.4 is 5.32 Å². The largest absolute Gasteiger partial charge is 0.466 e. The maximum absolute atomic E-state index is 12.6. The van der Waals surface area contributed by atoms with Gasteiger partial charge in [-0.3, -0.25) is 9.59 Å². The molecule has 0 bridgehead atoms. The van der Waals surface area contributed by atoms with Crippen molar-refractivity contribution in [1.29, 1.82) is 0 Å². The second-order valence-corrected chi connectivity index (χ2v) is 26.0. The predicted octanol–water partition coefficient (Wildman–Crippen LogP) is 24.2. The third-order valence-corrected chi connectivity index (χ3v) is 17.9. The number of amides is 1. The van der Waals surface area contributed by atoms with E-state index < -0.39 is 12.1 Å². The number of carbonyl (C=O) groups is 2. The minimum absolute atomic E-state index is 0.0201. The molecule has 6 heteroatoms. The summed E-state index contributed by atoms with van der Waals surface area (Å²) in [6, 6.07) is -0.541. The lowest BCUT2D eigenvalue weighted by Crippen LogP contribution is -2.45. The number of aliphatic hydroxyl groups excluding tert-OH is 2. The van der Waals surface area contributed by atoms with Gasteiger partial charge in [-0.2, -0.15) is 0 Å². The number of nitrogens with one attached hydrogen (secondary N) is 1. The highest BCUT2D eigenvalue weighted by atomic mass is 16.5. The summed E-state index contributed by atoms with van der Waals surface area (Å²) >= 11 is 0. The maximum atomic E-state index is 12.6. The number of hydrogen-bond donors (Lipinski definition) is 3. The molecule has 80 heavy (non-hydrogen) atoms. The fraction of sp³-hybridized carbons (Fsp3) is 0.973. The van der Waals surface area contributed by atoms with Crippen molar-refractivity contribution in [3.8, 4) is 0 Å². The average molecular weight is 1130 g/mol. The number of hydrogen-bond acceptors (Lipinski definition) is 5. The Bertz CT molecular complexity index is 1160. The first kappa shape index (κ1) is 78.9. The van der Waals surface area contributed by atoms with E-state index in [4.69, 9.17) is 4.74 Å². The van der Waals surface area contributed by atoms with E-state index >= 15 is 0 Å². The smallest absolute Gasteiger partial charge is 0.305 e. The SMILES string of the molecule is CCCCCCCCCCCCCCCCCCCCCCCCCC(O)C(CO)NC(=O)CCCCCCCCCCCCCCCCCCCCCCCCCOC(=O)CCCCCCCCCCCCCCCCCCC. The van der Waals surface area contributed by atoms with Gasteiger partial charge in [0, 0.05) is 12.8 Å². The van der Waals surface area contributed by atoms with Gasteiger partial charge in [0.05, 0.1) is 25.4 Å². The Morgan fingerprint density at radius 1 is 0.300 bits per heavy atom. The Hall–Kier alpha value is -1.14. The van der Waals surface area contributed by atoms with E-state index in [1.807, 2.05) is 0 Å². The number of carbonyl (C=O) groups excluding carboxylic acids is 2. The maximum Gasteiger partial charge on any atom is 0.305 e. The highest BCUT2D eigenvalue weighted by molar-refractivity contribution is 5.76. The van der Waals surface area contributed by atoms with Gasteiger partial charge in [-0.15, -0.1) is 0 Å². The Labute approximate surface area is 502 Å². The van der Waals surface area contributed by atoms with Crippen LogP contribution in [-0.4, -0.2) is 47.4 Å². The van der Waals surface area contributed by atoms with E-state index in [1.54, 1.807) is 0 Å². The summed E-state index contributed by atoms with van der Waals surface area (Å²) in [5, 5.41) is 23.5. The van der Waals surface area contributed by atoms with Gasteiger partial charge in [0.1, 0.15) is 0 Å². The average Bonchev–Trinajstić information content (AvgIpc) is 3.46. The van der Waals surface area contributed by atoms with Crippen molar-refractivity contribution in [3.63, 3.8) is 0 Å². The monoisotopic (exact) mass is 1130 g/mol. The molecule has 478 valence electrons. The lowest BCUT2D eigenvalue weighted by Gasteiger charge is -2.22. The number of esters is 1. The quantitative estimate of drug-likeness (QED) is 0.0417. The highest BCUT2D eigenvalue weighted by Crippen LogP contribution is 2.20. The summed E-state index contributed by atoms with van der Waals surface area (Å²) < 4.78 is 5.51. The molecule has 0 aromatic heterocycles. The molecule has 0 spiro atoms. The van der Waals surface area contributed by atoms with E-state index in [2.05, 4.69) is 19.2 Å². The minimum atomic E-state index is -0.664. The van der Waals surface area contributed by atoms with Gasteiger partial charge < -0.3 is 20.3 Å². The fourth-order valence-corrected chi connectivity index (χ4v) is 12.2. The number of rotatable bonds is 71. The number of aliphatic hydroxyl groups is 2. The normalized spacial score (nSPS) is 12.4. The molecule has 0 aromatic rings. The Morgan fingerprint density at radius 3 is 0.762 bits per heavy atom. The molecular formula is C74H147NO5. The molecule has 2 unspecified atom stereocenters. The topological polar surface area (TPSA) is 95.9 Å². The van der Waals surface area contributed by atoms with Crippen LogP contribution in [0.1, 0.15) is 438 Å². The van der Waals surface area contributed by atoms with E-state index in [0.717, 1.165) is 38.5 Å². The van der Waals surface area contributed by atoms with Crippen LogP contribution in [0.2, 0.25) is 0 Å². The zero-order chi connectivity index (χ0) is 57.8. The van der Waals surface area contributed by atoms with Crippen molar-refractivity contribution in [2.75, 3.05) is 13.2 Å². The molecule has 0 heterocycles. The van der Waals surface area contributed by atoms with Gasteiger partial charge >= 0.3 is 5.97 Å². The molecule has 0 aromatic carbocycles. The summed E-state index contributed by atoms with van der Waals surface area (Å²) in [6.45, 7) is 5.01. The first-order valence-corrected chi connectivity index (χ1v) is 37.3. The predicted molar refractivity (Wildman–Crippen MR) is 352 cm³/mol. The number of unbranched alkanes of at least 4 members (excludes halogenated alkanes) is 60. The molecule has 1 amide bonds. The van der Waals surface area contributed by atoms with Crippen molar-refractivity contribution < 1.29 is 24.5 Å². The van der Waals surface area contributed by atoms with Gasteiger partial charge in [0.15, 0.2) is 0 Å². The third-order valence-electron chi connectivity index (χ3n) is 17.9. The van der Waals surface area contributed by atoms with Crippen LogP contribution in [0.5, 0.6) is 0 Å². The molecule has 0 fully saturated rings. The Balaban J connectivity index is 3.35. The van der Waals surface area contributed by atoms with Crippen LogP contribution in [0.15, 0.2) is 0 Å². The zero-order valence-corrected chi connectivity index (χ0v) is 54.9. The molecule has 0 saturated carbocycles. The molecule has 0 saturated heterocycles. The molecule has 0 aliphatic rings. The molecule has 3 N–H and O–H groups in total. The summed E-state index contributed by atoms with van der Waals surface area (Å²) in [4.78, 5) is 24.7. The van der Waals surface area contributed by atoms with Gasteiger partial charge in [0.2, 0.25) is 5.91 Å². The molecule has 0 aliphatic heterocycles. The van der Waals surface area contributed by atoms with Crippen molar-refractivity contribution in [1.82, 2.24) is 5.32 Å². The molecular weight excluding hydrogens is 983 g/mol. The van der Waals surface area contributed by atoms with E-state index in [1.165, 1.54) is 366 Å². The molecule has 2 atom stereocenters. The third kappa shape index (κ3) is 66.0. The van der Waals surface area contributed by atoms with Crippen LogP contribution in [0, 0.1) is 0 Å². The van der Waals surface area contributed by atoms with Crippen molar-refractivity contribution in [3.05, 3.63) is 0 Å². The fourth-order valence-electron chi connectivity index (χ4n) is 12.2. The van der Waals surface area contributed by atoms with Crippen LogP contribution >= 0.6 is 0 Å². The second kappa shape index (κ2) is 70.3. The highest BCUT2D eigenvalue weighted by Gasteiger charge is 2.20. The van der Waals surface area contributed by atoms with Gasteiger partial charge in [-0.05, 0) is 25.7 Å². The summed E-state index contributed by atoms with van der Waals surface area (Å²) in [7, 11) is 0. The van der Waals surface area contributed by atoms with Gasteiger partial charge in [-0.25, -0.2) is 0 Å².